The van der Waals surface area contributed by atoms with Gasteiger partial charge in [0.15, 0.2) is 0 Å². The Hall–Kier alpha value is -4.02. The molecular formula is C30H26FN5O2S2. The molecular weight excluding hydrogens is 545 g/mol. The van der Waals surface area contributed by atoms with Crippen LogP contribution in [0.4, 0.5) is 15.9 Å². The highest BCUT2D eigenvalue weighted by atomic mass is 32.2. The van der Waals surface area contributed by atoms with Crippen molar-refractivity contribution in [2.45, 2.75) is 13.0 Å². The number of amides is 1. The summed E-state index contributed by atoms with van der Waals surface area (Å²) in [5.41, 5.74) is 2.11. The van der Waals surface area contributed by atoms with Gasteiger partial charge in [-0.2, -0.15) is 0 Å². The average molecular weight is 572 g/mol. The Morgan fingerprint density at radius 2 is 1.60 bits per heavy atom. The van der Waals surface area contributed by atoms with Gasteiger partial charge in [0.1, 0.15) is 21.6 Å². The summed E-state index contributed by atoms with van der Waals surface area (Å²) in [6.07, 6.45) is 3.30. The zero-order valence-corrected chi connectivity index (χ0v) is 23.4. The van der Waals surface area contributed by atoms with Crippen LogP contribution in [0.3, 0.4) is 0 Å². The van der Waals surface area contributed by atoms with E-state index in [2.05, 4.69) is 0 Å². The SMILES string of the molecule is CC(c1ccccc1)N1C(=O)/C(=C\c2c(N3CCN(c4ccccc4F)CC3)nc3ccccn3c2=O)SC1=S. The van der Waals surface area contributed by atoms with E-state index in [1.165, 1.54) is 22.2 Å². The molecule has 1 unspecified atom stereocenters. The molecule has 0 N–H and O–H groups in total. The van der Waals surface area contributed by atoms with Crippen molar-refractivity contribution in [1.29, 1.82) is 0 Å². The number of carbonyl (C=O) groups excluding carboxylic acids is 1. The number of pyridine rings is 1. The van der Waals surface area contributed by atoms with Crippen molar-refractivity contribution in [3.05, 3.63) is 111 Å². The van der Waals surface area contributed by atoms with E-state index in [4.69, 9.17) is 17.2 Å². The second-order valence-corrected chi connectivity index (χ2v) is 11.3. The summed E-state index contributed by atoms with van der Waals surface area (Å²) in [6, 6.07) is 21.6. The number of aromatic nitrogens is 2. The van der Waals surface area contributed by atoms with Crippen LogP contribution < -0.4 is 15.4 Å². The average Bonchev–Trinajstić information content (AvgIpc) is 3.27. The van der Waals surface area contributed by atoms with E-state index in [9.17, 15) is 14.0 Å². The van der Waals surface area contributed by atoms with Gasteiger partial charge < -0.3 is 9.80 Å². The van der Waals surface area contributed by atoms with Gasteiger partial charge in [-0.3, -0.25) is 18.9 Å². The number of piperazine rings is 1. The van der Waals surface area contributed by atoms with E-state index in [0.717, 1.165) is 5.56 Å². The highest BCUT2D eigenvalue weighted by Crippen LogP contribution is 2.38. The molecule has 2 aliphatic heterocycles. The molecule has 2 fully saturated rings. The number of para-hydroxylation sites is 1. The van der Waals surface area contributed by atoms with E-state index >= 15 is 0 Å². The Morgan fingerprint density at radius 3 is 2.35 bits per heavy atom. The number of rotatable bonds is 5. The lowest BCUT2D eigenvalue weighted by Gasteiger charge is -2.37. The van der Waals surface area contributed by atoms with Crippen molar-refractivity contribution in [3.63, 3.8) is 0 Å². The van der Waals surface area contributed by atoms with Crippen molar-refractivity contribution >= 4 is 57.4 Å². The molecule has 202 valence electrons. The molecule has 7 nitrogen and oxygen atoms in total. The summed E-state index contributed by atoms with van der Waals surface area (Å²) < 4.78 is 16.3. The van der Waals surface area contributed by atoms with Crippen LogP contribution in [0.5, 0.6) is 0 Å². The van der Waals surface area contributed by atoms with Gasteiger partial charge in [-0.05, 0) is 42.8 Å². The van der Waals surface area contributed by atoms with Crippen molar-refractivity contribution in [2.24, 2.45) is 0 Å². The van der Waals surface area contributed by atoms with E-state index in [0.29, 0.717) is 58.1 Å². The van der Waals surface area contributed by atoms with Crippen molar-refractivity contribution < 1.29 is 9.18 Å². The molecule has 6 rings (SSSR count). The molecule has 0 saturated carbocycles. The van der Waals surface area contributed by atoms with Crippen LogP contribution in [-0.2, 0) is 4.79 Å². The van der Waals surface area contributed by atoms with Gasteiger partial charge in [-0.15, -0.1) is 0 Å². The van der Waals surface area contributed by atoms with Gasteiger partial charge in [0.25, 0.3) is 11.5 Å². The normalized spacial score (nSPS) is 17.8. The smallest absolute Gasteiger partial charge is 0.267 e. The second-order valence-electron chi connectivity index (χ2n) is 9.65. The maximum Gasteiger partial charge on any atom is 0.267 e. The first-order valence-electron chi connectivity index (χ1n) is 13.0. The number of anilines is 2. The number of carbonyl (C=O) groups is 1. The first-order chi connectivity index (χ1) is 19.4. The van der Waals surface area contributed by atoms with Gasteiger partial charge in [0.05, 0.1) is 22.2 Å². The minimum Gasteiger partial charge on any atom is -0.366 e. The molecule has 0 spiro atoms. The Kier molecular flexibility index (Phi) is 7.12. The monoisotopic (exact) mass is 571 g/mol. The first kappa shape index (κ1) is 26.2. The highest BCUT2D eigenvalue weighted by Gasteiger charge is 2.36. The fourth-order valence-corrected chi connectivity index (χ4v) is 6.55. The molecule has 10 heteroatoms. The number of fused-ring (bicyclic) bond motifs is 1. The Bertz CT molecular complexity index is 1700. The number of hydrogen-bond acceptors (Lipinski definition) is 7. The van der Waals surface area contributed by atoms with Crippen molar-refractivity contribution in [3.8, 4) is 0 Å². The van der Waals surface area contributed by atoms with Gasteiger partial charge in [0, 0.05) is 32.4 Å². The van der Waals surface area contributed by atoms with Crippen LogP contribution in [0, 0.1) is 5.82 Å². The Morgan fingerprint density at radius 1 is 0.925 bits per heavy atom. The maximum atomic E-state index is 14.4. The molecule has 0 bridgehead atoms. The van der Waals surface area contributed by atoms with Crippen LogP contribution in [-0.4, -0.2) is 50.7 Å². The zero-order chi connectivity index (χ0) is 27.8. The fourth-order valence-electron chi connectivity index (χ4n) is 5.15. The van der Waals surface area contributed by atoms with Gasteiger partial charge >= 0.3 is 0 Å². The third-order valence-electron chi connectivity index (χ3n) is 7.29. The van der Waals surface area contributed by atoms with E-state index in [1.54, 1.807) is 41.4 Å². The van der Waals surface area contributed by atoms with Gasteiger partial charge in [0.2, 0.25) is 0 Å². The number of nitrogens with zero attached hydrogens (tertiary/aromatic N) is 5. The number of hydrogen-bond donors (Lipinski definition) is 0. The van der Waals surface area contributed by atoms with E-state index in [1.807, 2.05) is 59.2 Å². The summed E-state index contributed by atoms with van der Waals surface area (Å²) in [4.78, 5) is 38.2. The molecule has 4 heterocycles. The minimum absolute atomic E-state index is 0.237. The number of halogens is 1. The first-order valence-corrected chi connectivity index (χ1v) is 14.2. The van der Waals surface area contributed by atoms with Crippen LogP contribution in [0.15, 0.2) is 88.7 Å². The second kappa shape index (κ2) is 10.9. The topological polar surface area (TPSA) is 61.2 Å². The molecule has 0 aliphatic carbocycles. The van der Waals surface area contributed by atoms with Crippen molar-refractivity contribution in [1.82, 2.24) is 14.3 Å². The predicted molar refractivity (Wildman–Crippen MR) is 162 cm³/mol. The molecule has 2 aromatic carbocycles. The predicted octanol–water partition coefficient (Wildman–Crippen LogP) is 5.12. The van der Waals surface area contributed by atoms with Crippen LogP contribution in [0.1, 0.15) is 24.1 Å². The van der Waals surface area contributed by atoms with Crippen LogP contribution in [0.25, 0.3) is 11.7 Å². The molecule has 40 heavy (non-hydrogen) atoms. The zero-order valence-electron chi connectivity index (χ0n) is 21.7. The van der Waals surface area contributed by atoms with E-state index < -0.39 is 0 Å². The van der Waals surface area contributed by atoms with Crippen LogP contribution >= 0.6 is 24.0 Å². The summed E-state index contributed by atoms with van der Waals surface area (Å²) in [5.74, 6) is 0.00969. The third-order valence-corrected chi connectivity index (χ3v) is 8.62. The van der Waals surface area contributed by atoms with Crippen LogP contribution in [0.2, 0.25) is 0 Å². The summed E-state index contributed by atoms with van der Waals surface area (Å²) in [7, 11) is 0. The third kappa shape index (κ3) is 4.77. The van der Waals surface area contributed by atoms with E-state index in [-0.39, 0.29) is 23.3 Å². The molecule has 1 amide bonds. The molecule has 4 aromatic rings. The molecule has 2 aromatic heterocycles. The van der Waals surface area contributed by atoms with Gasteiger partial charge in [-0.1, -0.05) is 72.5 Å². The lowest BCUT2D eigenvalue weighted by atomic mass is 10.1. The maximum absolute atomic E-state index is 14.4. The number of benzene rings is 2. The molecule has 2 aliphatic rings. The molecule has 1 atom stereocenters. The lowest BCUT2D eigenvalue weighted by molar-refractivity contribution is -0.123. The molecule has 0 radical (unpaired) electrons. The van der Waals surface area contributed by atoms with Gasteiger partial charge in [-0.25, -0.2) is 9.37 Å². The summed E-state index contributed by atoms with van der Waals surface area (Å²) in [6.45, 7) is 4.14. The molecule has 2 saturated heterocycles. The Labute approximate surface area is 240 Å². The summed E-state index contributed by atoms with van der Waals surface area (Å²) >= 11 is 6.80. The Balaban J connectivity index is 1.35. The number of thioether (sulfide) groups is 1. The highest BCUT2D eigenvalue weighted by molar-refractivity contribution is 8.26. The quantitative estimate of drug-likeness (QED) is 0.243. The fraction of sp³-hybridized carbons (Fsp3) is 0.200. The number of thiocarbonyl (C=S) groups is 1. The van der Waals surface area contributed by atoms with Crippen molar-refractivity contribution in [2.75, 3.05) is 36.0 Å². The largest absolute Gasteiger partial charge is 0.366 e. The lowest BCUT2D eigenvalue weighted by Crippen LogP contribution is -2.47. The minimum atomic E-state index is -0.265. The summed E-state index contributed by atoms with van der Waals surface area (Å²) in [5, 5.41) is 0. The standard InChI is InChI=1S/C30H26FN5O2S2/c1-20(21-9-3-2-4-10-21)36-29(38)25(40-30(36)39)19-22-27(32-26-13-7-8-14-35(26)28(22)37)34-17-15-33(16-18-34)24-12-6-5-11-23(24)31/h2-14,19-20H,15-18H2,1H3/b25-19+.